The number of hydrogen-bond donors (Lipinski definition) is 2. The van der Waals surface area contributed by atoms with Gasteiger partial charge in [-0.2, -0.15) is 14.0 Å². The van der Waals surface area contributed by atoms with Crippen LogP contribution >= 0.6 is 11.6 Å². The molecule has 0 aliphatic carbocycles. The number of anilines is 1. The first-order chi connectivity index (χ1) is 12.8. The third-order valence-corrected chi connectivity index (χ3v) is 4.56. The maximum atomic E-state index is 12.4. The van der Waals surface area contributed by atoms with E-state index >= 15 is 0 Å². The van der Waals surface area contributed by atoms with E-state index in [4.69, 9.17) is 16.9 Å². The molecule has 3 aromatic rings. The Balaban J connectivity index is 1.77. The van der Waals surface area contributed by atoms with Crippen molar-refractivity contribution in [2.75, 3.05) is 11.9 Å². The molecule has 0 saturated heterocycles. The second kappa shape index (κ2) is 7.41. The van der Waals surface area contributed by atoms with Crippen LogP contribution in [0, 0.1) is 11.3 Å². The van der Waals surface area contributed by atoms with E-state index in [1.807, 2.05) is 19.9 Å². The van der Waals surface area contributed by atoms with Crippen LogP contribution in [0.4, 0.5) is 14.7 Å². The Bertz CT molecular complexity index is 1010. The van der Waals surface area contributed by atoms with Crippen LogP contribution in [-0.2, 0) is 5.41 Å². The van der Waals surface area contributed by atoms with Crippen LogP contribution in [-0.4, -0.2) is 23.1 Å². The highest BCUT2D eigenvalue weighted by Gasteiger charge is 2.23. The fraction of sp³-hybridized carbons (Fsp3) is 0.263. The molecule has 3 rings (SSSR count). The first-order valence-electron chi connectivity index (χ1n) is 8.18. The molecule has 5 nitrogen and oxygen atoms in total. The summed E-state index contributed by atoms with van der Waals surface area (Å²) in [7, 11) is 0. The fourth-order valence-corrected chi connectivity index (χ4v) is 2.95. The van der Waals surface area contributed by atoms with E-state index < -0.39 is 6.61 Å². The molecule has 2 aromatic carbocycles. The summed E-state index contributed by atoms with van der Waals surface area (Å²) in [5.41, 5.74) is 2.36. The van der Waals surface area contributed by atoms with E-state index in [1.165, 1.54) is 6.07 Å². The van der Waals surface area contributed by atoms with Gasteiger partial charge >= 0.3 is 6.61 Å². The Hall–Kier alpha value is -2.85. The van der Waals surface area contributed by atoms with Crippen molar-refractivity contribution in [1.29, 1.82) is 5.26 Å². The van der Waals surface area contributed by atoms with Crippen molar-refractivity contribution in [1.82, 2.24) is 9.97 Å². The second-order valence-electron chi connectivity index (χ2n) is 6.66. The quantitative estimate of drug-likeness (QED) is 0.615. The van der Waals surface area contributed by atoms with Gasteiger partial charge in [0.15, 0.2) is 0 Å². The molecule has 0 aliphatic rings. The van der Waals surface area contributed by atoms with Crippen molar-refractivity contribution < 1.29 is 13.5 Å². The molecular weight excluding hydrogens is 374 g/mol. The van der Waals surface area contributed by atoms with Crippen LogP contribution in [0.25, 0.3) is 11.0 Å². The van der Waals surface area contributed by atoms with E-state index in [0.717, 1.165) is 11.1 Å². The molecule has 140 valence electrons. The molecule has 1 aromatic heterocycles. The normalized spacial score (nSPS) is 11.6. The minimum atomic E-state index is -2.92. The molecule has 1 heterocycles. The highest BCUT2D eigenvalue weighted by Crippen LogP contribution is 2.32. The van der Waals surface area contributed by atoms with Crippen LogP contribution in [0.15, 0.2) is 36.4 Å². The van der Waals surface area contributed by atoms with Gasteiger partial charge < -0.3 is 15.0 Å². The van der Waals surface area contributed by atoms with Crippen molar-refractivity contribution in [2.45, 2.75) is 25.9 Å². The van der Waals surface area contributed by atoms with Gasteiger partial charge in [0.25, 0.3) is 0 Å². The zero-order valence-corrected chi connectivity index (χ0v) is 15.4. The molecule has 0 saturated carbocycles. The second-order valence-corrected chi connectivity index (χ2v) is 7.07. The van der Waals surface area contributed by atoms with Gasteiger partial charge in [-0.15, -0.1) is 0 Å². The molecule has 0 amide bonds. The Morgan fingerprint density at radius 3 is 2.78 bits per heavy atom. The van der Waals surface area contributed by atoms with E-state index in [9.17, 15) is 8.78 Å². The van der Waals surface area contributed by atoms with Crippen LogP contribution in [0.5, 0.6) is 5.75 Å². The Kier molecular flexibility index (Phi) is 5.19. The predicted molar refractivity (Wildman–Crippen MR) is 100 cm³/mol. The highest BCUT2D eigenvalue weighted by molar-refractivity contribution is 6.32. The third-order valence-electron chi connectivity index (χ3n) is 4.26. The summed E-state index contributed by atoms with van der Waals surface area (Å²) in [5, 5.41) is 12.5. The minimum Gasteiger partial charge on any atom is -0.433 e. The number of aromatic amines is 1. The Labute approximate surface area is 159 Å². The average molecular weight is 391 g/mol. The van der Waals surface area contributed by atoms with E-state index in [0.29, 0.717) is 23.6 Å². The van der Waals surface area contributed by atoms with Gasteiger partial charge in [-0.25, -0.2) is 4.98 Å². The number of fused-ring (bicyclic) bond motifs is 1. The van der Waals surface area contributed by atoms with Gasteiger partial charge in [0.05, 0.1) is 16.1 Å². The molecule has 0 fully saturated rings. The predicted octanol–water partition coefficient (Wildman–Crippen LogP) is 5.08. The molecule has 0 bridgehead atoms. The Morgan fingerprint density at radius 2 is 2.11 bits per heavy atom. The number of ether oxygens (including phenoxy) is 1. The van der Waals surface area contributed by atoms with Crippen LogP contribution in [0.2, 0.25) is 5.02 Å². The standard InChI is InChI=1S/C19H17ClF2N4O/c1-19(2,12-6-7-15(13(20)8-12)27-17(21)22)10-24-18-25-14-5-3-4-11(9-23)16(14)26-18/h3-8,17H,10H2,1-2H3,(H2,24,25,26). The molecule has 27 heavy (non-hydrogen) atoms. The first-order valence-corrected chi connectivity index (χ1v) is 8.55. The van der Waals surface area contributed by atoms with Gasteiger partial charge in [0, 0.05) is 12.0 Å². The van der Waals surface area contributed by atoms with Crippen LogP contribution < -0.4 is 10.1 Å². The number of H-pyrrole nitrogens is 1. The van der Waals surface area contributed by atoms with Crippen molar-refractivity contribution in [3.63, 3.8) is 0 Å². The number of rotatable bonds is 6. The highest BCUT2D eigenvalue weighted by atomic mass is 35.5. The topological polar surface area (TPSA) is 73.7 Å². The van der Waals surface area contributed by atoms with E-state index in [1.54, 1.807) is 24.3 Å². The molecule has 0 spiro atoms. The van der Waals surface area contributed by atoms with Gasteiger partial charge in [0.1, 0.15) is 17.3 Å². The number of benzene rings is 2. The minimum absolute atomic E-state index is 0.0551. The van der Waals surface area contributed by atoms with Crippen LogP contribution in [0.3, 0.4) is 0 Å². The lowest BCUT2D eigenvalue weighted by molar-refractivity contribution is -0.0498. The van der Waals surface area contributed by atoms with Gasteiger partial charge in [0.2, 0.25) is 5.95 Å². The molecule has 0 aliphatic heterocycles. The van der Waals surface area contributed by atoms with E-state index in [2.05, 4.69) is 26.1 Å². The first kappa shape index (κ1) is 18.9. The lowest BCUT2D eigenvalue weighted by Gasteiger charge is -2.26. The lowest BCUT2D eigenvalue weighted by atomic mass is 9.84. The number of nitriles is 1. The van der Waals surface area contributed by atoms with Crippen molar-refractivity contribution >= 4 is 28.6 Å². The molecule has 0 unspecified atom stereocenters. The van der Waals surface area contributed by atoms with Crippen molar-refractivity contribution in [3.05, 3.63) is 52.5 Å². The number of imidazole rings is 1. The smallest absolute Gasteiger partial charge is 0.387 e. The zero-order valence-electron chi connectivity index (χ0n) is 14.7. The SMILES string of the molecule is CC(C)(CNc1nc2c(C#N)cccc2[nH]1)c1ccc(OC(F)F)c(Cl)c1. The monoisotopic (exact) mass is 390 g/mol. The molecule has 0 atom stereocenters. The summed E-state index contributed by atoms with van der Waals surface area (Å²) >= 11 is 6.06. The molecule has 8 heteroatoms. The summed E-state index contributed by atoms with van der Waals surface area (Å²) < 4.78 is 29.1. The molecule has 0 radical (unpaired) electrons. The number of nitrogens with one attached hydrogen (secondary N) is 2. The van der Waals surface area contributed by atoms with Gasteiger partial charge in [-0.1, -0.05) is 37.6 Å². The Morgan fingerprint density at radius 1 is 1.33 bits per heavy atom. The maximum Gasteiger partial charge on any atom is 0.387 e. The summed E-state index contributed by atoms with van der Waals surface area (Å²) in [6.07, 6.45) is 0. The summed E-state index contributed by atoms with van der Waals surface area (Å²) in [6, 6.07) is 12.2. The number of alkyl halides is 2. The summed E-state index contributed by atoms with van der Waals surface area (Å²) in [5.74, 6) is 0.491. The summed E-state index contributed by atoms with van der Waals surface area (Å²) in [4.78, 5) is 7.56. The van der Waals surface area contributed by atoms with Gasteiger partial charge in [-0.05, 0) is 29.8 Å². The van der Waals surface area contributed by atoms with E-state index in [-0.39, 0.29) is 16.2 Å². The zero-order chi connectivity index (χ0) is 19.6. The van der Waals surface area contributed by atoms with Crippen molar-refractivity contribution in [3.8, 4) is 11.8 Å². The fourth-order valence-electron chi connectivity index (χ4n) is 2.73. The number of nitrogens with zero attached hydrogens (tertiary/aromatic N) is 2. The third kappa shape index (κ3) is 4.12. The lowest BCUT2D eigenvalue weighted by Crippen LogP contribution is -2.28. The average Bonchev–Trinajstić information content (AvgIpc) is 3.04. The van der Waals surface area contributed by atoms with Crippen LogP contribution in [0.1, 0.15) is 25.0 Å². The number of hydrogen-bond acceptors (Lipinski definition) is 4. The largest absolute Gasteiger partial charge is 0.433 e. The molecular formula is C19H17ClF2N4O. The maximum absolute atomic E-state index is 12.4. The number of para-hydroxylation sites is 1. The molecule has 2 N–H and O–H groups in total. The van der Waals surface area contributed by atoms with Gasteiger partial charge in [-0.3, -0.25) is 0 Å². The number of aromatic nitrogens is 2. The number of halogens is 3. The van der Waals surface area contributed by atoms with Crippen molar-refractivity contribution in [2.24, 2.45) is 0 Å². The summed E-state index contributed by atoms with van der Waals surface area (Å²) in [6.45, 7) is 1.56.